The SMILES string of the molecule is CCOc1ccc(C=O)cc1-c1cccnc1. The van der Waals surface area contributed by atoms with Gasteiger partial charge in [0.1, 0.15) is 12.0 Å². The molecule has 86 valence electrons. The molecule has 0 unspecified atom stereocenters. The van der Waals surface area contributed by atoms with Crippen LogP contribution in [0.3, 0.4) is 0 Å². The minimum atomic E-state index is 0.591. The number of pyridine rings is 1. The van der Waals surface area contributed by atoms with Gasteiger partial charge >= 0.3 is 0 Å². The molecule has 2 aromatic rings. The van der Waals surface area contributed by atoms with Gasteiger partial charge in [0.15, 0.2) is 0 Å². The van der Waals surface area contributed by atoms with Gasteiger partial charge in [-0.05, 0) is 31.2 Å². The van der Waals surface area contributed by atoms with Gasteiger partial charge in [-0.3, -0.25) is 9.78 Å². The van der Waals surface area contributed by atoms with Crippen molar-refractivity contribution in [3.8, 4) is 16.9 Å². The lowest BCUT2D eigenvalue weighted by atomic mass is 10.0. The molecule has 0 saturated heterocycles. The minimum Gasteiger partial charge on any atom is -0.493 e. The topological polar surface area (TPSA) is 39.2 Å². The van der Waals surface area contributed by atoms with Crippen LogP contribution in [0.2, 0.25) is 0 Å². The molecule has 2 rings (SSSR count). The number of carbonyl (C=O) groups is 1. The summed E-state index contributed by atoms with van der Waals surface area (Å²) in [6.45, 7) is 2.52. The molecule has 0 atom stereocenters. The van der Waals surface area contributed by atoms with Crippen molar-refractivity contribution < 1.29 is 9.53 Å². The first-order chi connectivity index (χ1) is 8.35. The summed E-state index contributed by atoms with van der Waals surface area (Å²) in [7, 11) is 0. The third-order valence-electron chi connectivity index (χ3n) is 2.41. The van der Waals surface area contributed by atoms with Crippen molar-refractivity contribution in [2.45, 2.75) is 6.92 Å². The molecule has 0 aliphatic heterocycles. The second kappa shape index (κ2) is 5.25. The molecule has 1 heterocycles. The maximum absolute atomic E-state index is 10.8. The quantitative estimate of drug-likeness (QED) is 0.754. The van der Waals surface area contributed by atoms with Crippen molar-refractivity contribution in [1.82, 2.24) is 4.98 Å². The van der Waals surface area contributed by atoms with Crippen molar-refractivity contribution in [2.24, 2.45) is 0 Å². The average Bonchev–Trinajstić information content (AvgIpc) is 2.40. The zero-order valence-corrected chi connectivity index (χ0v) is 9.59. The first kappa shape index (κ1) is 11.3. The van der Waals surface area contributed by atoms with E-state index < -0.39 is 0 Å². The lowest BCUT2D eigenvalue weighted by molar-refractivity contribution is 0.112. The highest BCUT2D eigenvalue weighted by Gasteiger charge is 2.07. The molecule has 3 nitrogen and oxygen atoms in total. The number of hydrogen-bond acceptors (Lipinski definition) is 3. The third-order valence-corrected chi connectivity index (χ3v) is 2.41. The zero-order valence-electron chi connectivity index (χ0n) is 9.59. The molecule has 0 radical (unpaired) electrons. The number of benzene rings is 1. The van der Waals surface area contributed by atoms with E-state index in [1.165, 1.54) is 0 Å². The summed E-state index contributed by atoms with van der Waals surface area (Å²) in [5.74, 6) is 0.770. The average molecular weight is 227 g/mol. The van der Waals surface area contributed by atoms with Crippen LogP contribution in [0.5, 0.6) is 5.75 Å². The van der Waals surface area contributed by atoms with E-state index >= 15 is 0 Å². The summed E-state index contributed by atoms with van der Waals surface area (Å²) in [6, 6.07) is 9.18. The lowest BCUT2D eigenvalue weighted by Gasteiger charge is -2.10. The summed E-state index contributed by atoms with van der Waals surface area (Å²) >= 11 is 0. The molecule has 0 aliphatic carbocycles. The normalized spacial score (nSPS) is 9.94. The fourth-order valence-electron chi connectivity index (χ4n) is 1.65. The maximum Gasteiger partial charge on any atom is 0.150 e. The third kappa shape index (κ3) is 2.50. The molecule has 1 aromatic carbocycles. The number of hydrogen-bond donors (Lipinski definition) is 0. The van der Waals surface area contributed by atoms with Crippen LogP contribution in [0.1, 0.15) is 17.3 Å². The molecule has 0 bridgehead atoms. The molecule has 0 saturated carbocycles. The Bertz CT molecular complexity index is 509. The van der Waals surface area contributed by atoms with Gasteiger partial charge < -0.3 is 4.74 Å². The molecule has 0 fully saturated rings. The Hall–Kier alpha value is -2.16. The van der Waals surface area contributed by atoms with E-state index in [0.29, 0.717) is 12.2 Å². The first-order valence-electron chi connectivity index (χ1n) is 5.47. The van der Waals surface area contributed by atoms with Gasteiger partial charge in [0, 0.05) is 29.1 Å². The summed E-state index contributed by atoms with van der Waals surface area (Å²) in [5, 5.41) is 0. The Morgan fingerprint density at radius 3 is 2.88 bits per heavy atom. The van der Waals surface area contributed by atoms with Crippen LogP contribution in [0.4, 0.5) is 0 Å². The molecule has 0 aliphatic rings. The van der Waals surface area contributed by atoms with E-state index in [0.717, 1.165) is 23.2 Å². The predicted octanol–water partition coefficient (Wildman–Crippen LogP) is 2.96. The van der Waals surface area contributed by atoms with Crippen LogP contribution in [-0.4, -0.2) is 17.9 Å². The Kier molecular flexibility index (Phi) is 3.50. The van der Waals surface area contributed by atoms with E-state index in [9.17, 15) is 4.79 Å². The Labute approximate surface area is 100 Å². The number of carbonyl (C=O) groups excluding carboxylic acids is 1. The summed E-state index contributed by atoms with van der Waals surface area (Å²) in [5.41, 5.74) is 2.47. The van der Waals surface area contributed by atoms with Crippen molar-refractivity contribution in [3.05, 3.63) is 48.3 Å². The van der Waals surface area contributed by atoms with Gasteiger partial charge in [-0.15, -0.1) is 0 Å². The molecule has 0 spiro atoms. The highest BCUT2D eigenvalue weighted by atomic mass is 16.5. The summed E-state index contributed by atoms with van der Waals surface area (Å²) < 4.78 is 5.55. The first-order valence-corrected chi connectivity index (χ1v) is 5.47. The van der Waals surface area contributed by atoms with Crippen LogP contribution in [0.15, 0.2) is 42.7 Å². The predicted molar refractivity (Wildman–Crippen MR) is 66.2 cm³/mol. The van der Waals surface area contributed by atoms with Gasteiger partial charge in [0.2, 0.25) is 0 Å². The molecule has 0 N–H and O–H groups in total. The number of nitrogens with zero attached hydrogens (tertiary/aromatic N) is 1. The molecule has 17 heavy (non-hydrogen) atoms. The highest BCUT2D eigenvalue weighted by Crippen LogP contribution is 2.30. The fourth-order valence-corrected chi connectivity index (χ4v) is 1.65. The standard InChI is InChI=1S/C14H13NO2/c1-2-17-14-6-5-11(10-16)8-13(14)12-4-3-7-15-9-12/h3-10H,2H2,1H3. The van der Waals surface area contributed by atoms with Crippen LogP contribution < -0.4 is 4.74 Å². The van der Waals surface area contributed by atoms with Gasteiger partial charge in [-0.1, -0.05) is 6.07 Å². The second-order valence-corrected chi connectivity index (χ2v) is 3.55. The lowest BCUT2D eigenvalue weighted by Crippen LogP contribution is -1.95. The van der Waals surface area contributed by atoms with Crippen LogP contribution in [0, 0.1) is 0 Å². The summed E-state index contributed by atoms with van der Waals surface area (Å²) in [4.78, 5) is 14.9. The van der Waals surface area contributed by atoms with Crippen LogP contribution in [-0.2, 0) is 0 Å². The number of ether oxygens (including phenoxy) is 1. The number of aldehydes is 1. The highest BCUT2D eigenvalue weighted by molar-refractivity contribution is 5.81. The van der Waals surface area contributed by atoms with Gasteiger partial charge in [-0.2, -0.15) is 0 Å². The van der Waals surface area contributed by atoms with E-state index in [1.54, 1.807) is 18.5 Å². The van der Waals surface area contributed by atoms with Crippen LogP contribution in [0.25, 0.3) is 11.1 Å². The van der Waals surface area contributed by atoms with E-state index in [4.69, 9.17) is 4.74 Å². The largest absolute Gasteiger partial charge is 0.493 e. The molecule has 3 heteroatoms. The summed E-state index contributed by atoms with van der Waals surface area (Å²) in [6.07, 6.45) is 4.30. The monoisotopic (exact) mass is 227 g/mol. The minimum absolute atomic E-state index is 0.591. The second-order valence-electron chi connectivity index (χ2n) is 3.55. The van der Waals surface area contributed by atoms with Crippen molar-refractivity contribution >= 4 is 6.29 Å². The van der Waals surface area contributed by atoms with E-state index in [1.807, 2.05) is 31.2 Å². The number of rotatable bonds is 4. The molecule has 1 aromatic heterocycles. The number of aromatic nitrogens is 1. The van der Waals surface area contributed by atoms with E-state index in [2.05, 4.69) is 4.98 Å². The van der Waals surface area contributed by atoms with Gasteiger partial charge in [0.05, 0.1) is 6.61 Å². The molecule has 0 amide bonds. The Balaban J connectivity index is 2.52. The van der Waals surface area contributed by atoms with Crippen molar-refractivity contribution in [1.29, 1.82) is 0 Å². The van der Waals surface area contributed by atoms with Crippen LogP contribution >= 0.6 is 0 Å². The van der Waals surface area contributed by atoms with Crippen molar-refractivity contribution in [2.75, 3.05) is 6.61 Å². The van der Waals surface area contributed by atoms with Crippen molar-refractivity contribution in [3.63, 3.8) is 0 Å². The van der Waals surface area contributed by atoms with E-state index in [-0.39, 0.29) is 0 Å². The molecular weight excluding hydrogens is 214 g/mol. The Morgan fingerprint density at radius 2 is 2.24 bits per heavy atom. The fraction of sp³-hybridized carbons (Fsp3) is 0.143. The Morgan fingerprint density at radius 1 is 1.35 bits per heavy atom. The van der Waals surface area contributed by atoms with Gasteiger partial charge in [0.25, 0.3) is 0 Å². The maximum atomic E-state index is 10.8. The zero-order chi connectivity index (χ0) is 12.1. The molecular formula is C14H13NO2. The van der Waals surface area contributed by atoms with Gasteiger partial charge in [-0.25, -0.2) is 0 Å². The smallest absolute Gasteiger partial charge is 0.150 e.